The molecule has 0 heterocycles. The third-order valence-electron chi connectivity index (χ3n) is 4.60. The molecule has 0 saturated carbocycles. The van der Waals surface area contributed by atoms with Crippen molar-refractivity contribution in [2.45, 2.75) is 98.3 Å². The molecule has 146 valence electrons. The van der Waals surface area contributed by atoms with Crippen LogP contribution in [0.5, 0.6) is 0 Å². The summed E-state index contributed by atoms with van der Waals surface area (Å²) in [4.78, 5) is 0. The monoisotopic (exact) mass is 382 g/mol. The lowest BCUT2D eigenvalue weighted by atomic mass is 9.76. The molecule has 2 nitrogen and oxygen atoms in total. The molecule has 0 fully saturated rings. The Balaban J connectivity index is 3.16. The molecule has 0 spiro atoms. The summed E-state index contributed by atoms with van der Waals surface area (Å²) < 4.78 is 13.4. The van der Waals surface area contributed by atoms with Gasteiger partial charge in [-0.25, -0.2) is 0 Å². The fraction of sp³-hybridized carbons (Fsp3) is 0.810. The Morgan fingerprint density at radius 2 is 1.72 bits per heavy atom. The van der Waals surface area contributed by atoms with Gasteiger partial charge >= 0.3 is 0 Å². The van der Waals surface area contributed by atoms with Gasteiger partial charge in [0.05, 0.1) is 11.4 Å². The van der Waals surface area contributed by atoms with Crippen LogP contribution in [-0.2, 0) is 8.85 Å². The molecule has 3 atom stereocenters. The second kappa shape index (κ2) is 8.58. The third kappa shape index (κ3) is 8.27. The summed E-state index contributed by atoms with van der Waals surface area (Å²) in [6, 6.07) is 0. The van der Waals surface area contributed by atoms with E-state index in [1.54, 1.807) is 0 Å². The van der Waals surface area contributed by atoms with E-state index in [1.165, 1.54) is 24.2 Å². The summed E-state index contributed by atoms with van der Waals surface area (Å²) in [6.45, 7) is 22.8. The average molecular weight is 383 g/mol. The third-order valence-corrected chi connectivity index (χ3v) is 6.52. The maximum Gasteiger partial charge on any atom is 0.241 e. The maximum absolute atomic E-state index is 6.83. The van der Waals surface area contributed by atoms with Crippen molar-refractivity contribution in [3.8, 4) is 0 Å². The van der Waals surface area contributed by atoms with Gasteiger partial charge in [-0.15, -0.1) is 0 Å². The van der Waals surface area contributed by atoms with Crippen LogP contribution in [0.2, 0.25) is 39.3 Å². The summed E-state index contributed by atoms with van der Waals surface area (Å²) in [6.07, 6.45) is 9.28. The number of hydrogen-bond donors (Lipinski definition) is 0. The van der Waals surface area contributed by atoms with Crippen LogP contribution < -0.4 is 0 Å². The molecule has 1 rings (SSSR count). The van der Waals surface area contributed by atoms with Crippen molar-refractivity contribution in [3.05, 3.63) is 23.5 Å². The van der Waals surface area contributed by atoms with Crippen LogP contribution in [0.1, 0.15) is 53.4 Å². The minimum Gasteiger partial charge on any atom is -0.547 e. The van der Waals surface area contributed by atoms with Crippen LogP contribution in [0.4, 0.5) is 0 Å². The minimum atomic E-state index is -1.65. The first-order valence-electron chi connectivity index (χ1n) is 9.96. The molecular formula is C21H42O2Si2. The van der Waals surface area contributed by atoms with Crippen molar-refractivity contribution in [2.75, 3.05) is 0 Å². The molecule has 0 aromatic carbocycles. The molecule has 0 unspecified atom stereocenters. The van der Waals surface area contributed by atoms with Gasteiger partial charge in [-0.05, 0) is 97.7 Å². The van der Waals surface area contributed by atoms with Crippen LogP contribution in [-0.4, -0.2) is 22.2 Å². The van der Waals surface area contributed by atoms with Gasteiger partial charge in [-0.1, -0.05) is 18.6 Å². The van der Waals surface area contributed by atoms with E-state index in [2.05, 4.69) is 79.1 Å². The summed E-state index contributed by atoms with van der Waals surface area (Å²) >= 11 is 0. The van der Waals surface area contributed by atoms with E-state index in [1.807, 2.05) is 0 Å². The molecule has 0 N–H and O–H groups in total. The zero-order valence-electron chi connectivity index (χ0n) is 18.5. The Kier molecular flexibility index (Phi) is 7.79. The summed E-state index contributed by atoms with van der Waals surface area (Å²) in [5.41, 5.74) is 1.25. The van der Waals surface area contributed by atoms with Gasteiger partial charge in [-0.2, -0.15) is 0 Å². The fourth-order valence-electron chi connectivity index (χ4n) is 3.76. The van der Waals surface area contributed by atoms with E-state index in [0.717, 1.165) is 12.8 Å². The van der Waals surface area contributed by atoms with Crippen molar-refractivity contribution in [1.29, 1.82) is 0 Å². The van der Waals surface area contributed by atoms with Gasteiger partial charge in [0.1, 0.15) is 0 Å². The summed E-state index contributed by atoms with van der Waals surface area (Å²) in [5.74, 6) is 2.21. The highest BCUT2D eigenvalue weighted by Crippen LogP contribution is 2.43. The molecular weight excluding hydrogens is 340 g/mol. The quantitative estimate of drug-likeness (QED) is 0.328. The van der Waals surface area contributed by atoms with Crippen molar-refractivity contribution in [1.82, 2.24) is 0 Å². The Labute approximate surface area is 159 Å². The molecule has 0 saturated heterocycles. The normalized spacial score (nSPS) is 24.3. The molecule has 0 aromatic rings. The second-order valence-electron chi connectivity index (χ2n) is 10.2. The molecule has 1 aliphatic rings. The van der Waals surface area contributed by atoms with Gasteiger partial charge in [0.2, 0.25) is 8.32 Å². The summed E-state index contributed by atoms with van der Waals surface area (Å²) in [7, 11) is -3.28. The number of rotatable bonds is 8. The van der Waals surface area contributed by atoms with Gasteiger partial charge in [0.15, 0.2) is 8.32 Å². The Morgan fingerprint density at radius 1 is 1.12 bits per heavy atom. The molecule has 1 aliphatic carbocycles. The topological polar surface area (TPSA) is 18.5 Å². The van der Waals surface area contributed by atoms with E-state index in [4.69, 9.17) is 8.85 Å². The maximum atomic E-state index is 6.83. The SMILES string of the molecule is CC(C)=CCC[C@](C)(O[Si](C)(C)C)[C@@H]1CC[C@@H](C)C=C1O[Si](C)(C)C. The molecule has 4 heteroatoms. The first-order valence-corrected chi connectivity index (χ1v) is 16.8. The van der Waals surface area contributed by atoms with Crippen molar-refractivity contribution >= 4 is 16.6 Å². The Bertz CT molecular complexity index is 493. The predicted octanol–water partition coefficient (Wildman–Crippen LogP) is 7.12. The standard InChI is InChI=1S/C21H42O2Si2/c1-17(2)12-11-15-21(4,23-25(8,9)10)19-14-13-18(3)16-20(19)22-24(5,6)7/h12,16,18-19H,11,13-15H2,1-10H3/t18-,19-,21+/m1/s1. The van der Waals surface area contributed by atoms with E-state index < -0.39 is 16.6 Å². The fourth-order valence-corrected chi connectivity index (χ4v) is 6.32. The molecule has 0 aromatic heterocycles. The first-order chi connectivity index (χ1) is 11.2. The van der Waals surface area contributed by atoms with E-state index in [-0.39, 0.29) is 5.60 Å². The number of allylic oxidation sites excluding steroid dienone is 3. The van der Waals surface area contributed by atoms with Crippen LogP contribution in [0.25, 0.3) is 0 Å². The highest BCUT2D eigenvalue weighted by atomic mass is 28.4. The molecule has 0 bridgehead atoms. The van der Waals surface area contributed by atoms with Crippen LogP contribution in [0.15, 0.2) is 23.5 Å². The van der Waals surface area contributed by atoms with Crippen LogP contribution in [0, 0.1) is 11.8 Å². The first kappa shape index (κ1) is 22.7. The zero-order valence-corrected chi connectivity index (χ0v) is 20.5. The molecule has 0 amide bonds. The Hall–Kier alpha value is -0.326. The van der Waals surface area contributed by atoms with Crippen LogP contribution in [0.3, 0.4) is 0 Å². The summed E-state index contributed by atoms with van der Waals surface area (Å²) in [5, 5.41) is 0. The molecule has 0 radical (unpaired) electrons. The predicted molar refractivity (Wildman–Crippen MR) is 116 cm³/mol. The Morgan fingerprint density at radius 3 is 2.20 bits per heavy atom. The average Bonchev–Trinajstić information content (AvgIpc) is 2.33. The number of hydrogen-bond acceptors (Lipinski definition) is 2. The second-order valence-corrected chi connectivity index (χ2v) is 19.1. The minimum absolute atomic E-state index is 0.137. The smallest absolute Gasteiger partial charge is 0.241 e. The molecule has 0 aliphatic heterocycles. The van der Waals surface area contributed by atoms with Crippen LogP contribution >= 0.6 is 0 Å². The van der Waals surface area contributed by atoms with Gasteiger partial charge < -0.3 is 8.85 Å². The lowest BCUT2D eigenvalue weighted by Crippen LogP contribution is -2.48. The van der Waals surface area contributed by atoms with Crippen molar-refractivity contribution < 1.29 is 8.85 Å². The lowest BCUT2D eigenvalue weighted by Gasteiger charge is -2.46. The van der Waals surface area contributed by atoms with Crippen molar-refractivity contribution in [3.63, 3.8) is 0 Å². The van der Waals surface area contributed by atoms with Gasteiger partial charge in [0, 0.05) is 5.92 Å². The van der Waals surface area contributed by atoms with E-state index in [0.29, 0.717) is 11.8 Å². The highest BCUT2D eigenvalue weighted by Gasteiger charge is 2.43. The van der Waals surface area contributed by atoms with E-state index >= 15 is 0 Å². The van der Waals surface area contributed by atoms with E-state index in [9.17, 15) is 0 Å². The zero-order chi connectivity index (χ0) is 19.5. The molecule has 25 heavy (non-hydrogen) atoms. The van der Waals surface area contributed by atoms with Crippen molar-refractivity contribution in [2.24, 2.45) is 11.8 Å². The van der Waals surface area contributed by atoms with Gasteiger partial charge in [-0.3, -0.25) is 0 Å². The lowest BCUT2D eigenvalue weighted by molar-refractivity contribution is 0.00199. The highest BCUT2D eigenvalue weighted by molar-refractivity contribution is 6.70. The van der Waals surface area contributed by atoms with Gasteiger partial charge in [0.25, 0.3) is 0 Å². The largest absolute Gasteiger partial charge is 0.547 e.